The molecule has 0 spiro atoms. The van der Waals surface area contributed by atoms with Gasteiger partial charge < -0.3 is 18.7 Å². The van der Waals surface area contributed by atoms with Gasteiger partial charge in [-0.3, -0.25) is 29.0 Å². The van der Waals surface area contributed by atoms with E-state index in [9.17, 15) is 24.3 Å². The van der Waals surface area contributed by atoms with E-state index in [0.717, 1.165) is 11.1 Å². The topological polar surface area (TPSA) is 156 Å². The summed E-state index contributed by atoms with van der Waals surface area (Å²) in [5.41, 5.74) is 6.15. The normalized spacial score (nSPS) is 23.8. The quantitative estimate of drug-likeness (QED) is 0.129. The zero-order chi connectivity index (χ0) is 40.1. The van der Waals surface area contributed by atoms with Crippen LogP contribution in [0.1, 0.15) is 24.3 Å². The molecule has 2 saturated heterocycles. The summed E-state index contributed by atoms with van der Waals surface area (Å²) in [4.78, 5) is 69.7. The van der Waals surface area contributed by atoms with Gasteiger partial charge in [-0.2, -0.15) is 0 Å². The van der Waals surface area contributed by atoms with Crippen LogP contribution in [-0.4, -0.2) is 45.8 Å². The van der Waals surface area contributed by atoms with Gasteiger partial charge in [0.15, 0.2) is 11.2 Å². The van der Waals surface area contributed by atoms with Gasteiger partial charge in [-0.05, 0) is 97.6 Å². The van der Waals surface area contributed by atoms with E-state index in [1.54, 1.807) is 60.7 Å². The lowest BCUT2D eigenvalue weighted by Gasteiger charge is -2.44. The number of benzene rings is 5. The maximum atomic E-state index is 14.7. The molecule has 0 bridgehead atoms. The predicted molar refractivity (Wildman–Crippen MR) is 216 cm³/mol. The number of aromatic hydroxyl groups is 1. The van der Waals surface area contributed by atoms with E-state index >= 15 is 0 Å². The first-order valence-corrected chi connectivity index (χ1v) is 19.5. The molecule has 5 aromatic carbocycles. The van der Waals surface area contributed by atoms with E-state index in [-0.39, 0.29) is 30.4 Å². The lowest BCUT2D eigenvalue weighted by atomic mass is 9.57. The maximum Gasteiger partial charge on any atom is 0.238 e. The Balaban J connectivity index is 0.934. The Morgan fingerprint density at radius 3 is 1.71 bits per heavy atom. The summed E-state index contributed by atoms with van der Waals surface area (Å²) in [5, 5.41) is 11.5. The van der Waals surface area contributed by atoms with Gasteiger partial charge in [0, 0.05) is 28.7 Å². The fraction of sp³-hybridized carbons (Fsp3) is 0.191. The number of anilines is 2. The van der Waals surface area contributed by atoms with Gasteiger partial charge in [0.05, 0.1) is 42.2 Å². The maximum absolute atomic E-state index is 14.7. The van der Waals surface area contributed by atoms with Gasteiger partial charge in [-0.15, -0.1) is 0 Å². The molecule has 0 radical (unpaired) electrons. The van der Waals surface area contributed by atoms with Crippen LogP contribution >= 0.6 is 0 Å². The number of carbonyl (C=O) groups excluding carboxylic acids is 4. The van der Waals surface area contributed by atoms with E-state index in [2.05, 4.69) is 9.97 Å². The standard InChI is InChI=1S/C47H34N4O8/c1-57-28-18-19-30(36(52)22-28)39-29-20-21-31-40(46(55)50(44(31)53)26-14-10-24(11-15-26)42-48-34-6-2-4-8-37(34)58-42)32(29)23-33-41(39)47(56)51(45(33)54)27-16-12-25(13-17-27)43-49-35-7-3-5-9-38(35)59-43/h2-20,22,31-33,39-41,52H,21,23H2,1H3. The van der Waals surface area contributed by atoms with Gasteiger partial charge >= 0.3 is 0 Å². The largest absolute Gasteiger partial charge is 0.508 e. The molecule has 59 heavy (non-hydrogen) atoms. The SMILES string of the molecule is COc1ccc(C2C3=CCC4C(=O)N(c5ccc(-c6nc7ccccc7o6)cc5)C(=O)C4C3CC3C(=O)N(c4ccc(-c5nc6ccccc6o5)cc4)C(=O)C32)c(O)c1. The van der Waals surface area contributed by atoms with Crippen molar-refractivity contribution in [3.63, 3.8) is 0 Å². The molecule has 4 amide bonds. The molecule has 3 fully saturated rings. The van der Waals surface area contributed by atoms with Crippen LogP contribution in [0.3, 0.4) is 0 Å². The minimum absolute atomic E-state index is 0.0901. The molecule has 11 rings (SSSR count). The number of phenols is 1. The number of methoxy groups -OCH3 is 1. The number of nitrogens with zero attached hydrogens (tertiary/aromatic N) is 4. The molecule has 290 valence electrons. The van der Waals surface area contributed by atoms with Crippen molar-refractivity contribution in [1.82, 2.24) is 9.97 Å². The molecule has 7 aromatic rings. The summed E-state index contributed by atoms with van der Waals surface area (Å²) in [6.07, 6.45) is 2.42. The highest BCUT2D eigenvalue weighted by molar-refractivity contribution is 6.24. The molecular formula is C47H34N4O8. The minimum atomic E-state index is -0.861. The molecule has 2 aliphatic carbocycles. The summed E-state index contributed by atoms with van der Waals surface area (Å²) < 4.78 is 17.3. The Bertz CT molecular complexity index is 2860. The van der Waals surface area contributed by atoms with Crippen LogP contribution in [0.25, 0.3) is 45.1 Å². The van der Waals surface area contributed by atoms with Crippen molar-refractivity contribution in [3.8, 4) is 34.4 Å². The number of imide groups is 2. The second-order valence-corrected chi connectivity index (χ2v) is 15.5. The first kappa shape index (κ1) is 34.9. The van der Waals surface area contributed by atoms with Gasteiger partial charge in [-0.1, -0.05) is 42.0 Å². The van der Waals surface area contributed by atoms with Crippen LogP contribution < -0.4 is 14.5 Å². The molecular weight excluding hydrogens is 749 g/mol. The third-order valence-electron chi connectivity index (χ3n) is 12.6. The average Bonchev–Trinajstić information content (AvgIpc) is 4.02. The average molecular weight is 783 g/mol. The third-order valence-corrected chi connectivity index (χ3v) is 12.6. The van der Waals surface area contributed by atoms with Crippen LogP contribution in [0.5, 0.6) is 11.5 Å². The number of phenolic OH excluding ortho intramolecular Hbond substituents is 1. The number of allylic oxidation sites excluding steroid dienone is 2. The van der Waals surface area contributed by atoms with E-state index in [4.69, 9.17) is 13.6 Å². The summed E-state index contributed by atoms with van der Waals surface area (Å²) in [6, 6.07) is 33.7. The van der Waals surface area contributed by atoms with Crippen LogP contribution in [0.15, 0.2) is 136 Å². The predicted octanol–water partition coefficient (Wildman–Crippen LogP) is 8.06. The Morgan fingerprint density at radius 2 is 1.17 bits per heavy atom. The van der Waals surface area contributed by atoms with E-state index in [1.165, 1.54) is 23.0 Å². The molecule has 1 saturated carbocycles. The summed E-state index contributed by atoms with van der Waals surface area (Å²) >= 11 is 0. The molecule has 2 aliphatic heterocycles. The molecule has 6 atom stereocenters. The minimum Gasteiger partial charge on any atom is -0.508 e. The number of carbonyl (C=O) groups is 4. The van der Waals surface area contributed by atoms with Crippen molar-refractivity contribution in [2.75, 3.05) is 16.9 Å². The van der Waals surface area contributed by atoms with Gasteiger partial charge in [0.2, 0.25) is 35.4 Å². The van der Waals surface area contributed by atoms with E-state index in [0.29, 0.717) is 62.3 Å². The van der Waals surface area contributed by atoms with E-state index < -0.39 is 47.3 Å². The van der Waals surface area contributed by atoms with Crippen molar-refractivity contribution in [2.24, 2.45) is 29.6 Å². The number of fused-ring (bicyclic) bond motifs is 6. The Kier molecular flexibility index (Phi) is 7.74. The number of amides is 4. The fourth-order valence-corrected chi connectivity index (χ4v) is 9.86. The highest BCUT2D eigenvalue weighted by Crippen LogP contribution is 2.59. The van der Waals surface area contributed by atoms with Crippen LogP contribution in [0.4, 0.5) is 11.4 Å². The van der Waals surface area contributed by atoms with Crippen molar-refractivity contribution >= 4 is 57.2 Å². The first-order valence-electron chi connectivity index (χ1n) is 19.5. The first-order chi connectivity index (χ1) is 28.8. The van der Waals surface area contributed by atoms with Gasteiger partial charge in [0.25, 0.3) is 0 Å². The molecule has 12 heteroatoms. The highest BCUT2D eigenvalue weighted by Gasteiger charge is 2.62. The number of para-hydroxylation sites is 4. The molecule has 4 aliphatic rings. The van der Waals surface area contributed by atoms with Crippen molar-refractivity contribution in [2.45, 2.75) is 18.8 Å². The zero-order valence-corrected chi connectivity index (χ0v) is 31.5. The van der Waals surface area contributed by atoms with E-state index in [1.807, 2.05) is 54.6 Å². The van der Waals surface area contributed by atoms with Crippen molar-refractivity contribution in [1.29, 1.82) is 0 Å². The second-order valence-electron chi connectivity index (χ2n) is 15.5. The number of oxazole rings is 2. The Hall–Kier alpha value is -7.34. The summed E-state index contributed by atoms with van der Waals surface area (Å²) in [7, 11) is 1.50. The highest BCUT2D eigenvalue weighted by atomic mass is 16.5. The lowest BCUT2D eigenvalue weighted by molar-refractivity contribution is -0.126. The number of ether oxygens (including phenoxy) is 1. The third kappa shape index (κ3) is 5.28. The van der Waals surface area contributed by atoms with Crippen LogP contribution in [-0.2, 0) is 19.2 Å². The monoisotopic (exact) mass is 782 g/mol. The Morgan fingerprint density at radius 1 is 0.627 bits per heavy atom. The number of aromatic nitrogens is 2. The zero-order valence-electron chi connectivity index (χ0n) is 31.5. The second kappa shape index (κ2) is 13.1. The number of hydrogen-bond acceptors (Lipinski definition) is 10. The number of hydrogen-bond donors (Lipinski definition) is 1. The Labute approximate surface area is 336 Å². The van der Waals surface area contributed by atoms with Crippen LogP contribution in [0.2, 0.25) is 0 Å². The number of rotatable bonds is 6. The molecule has 6 unspecified atom stereocenters. The fourth-order valence-electron chi connectivity index (χ4n) is 9.86. The van der Waals surface area contributed by atoms with Gasteiger partial charge in [0.1, 0.15) is 22.5 Å². The molecule has 12 nitrogen and oxygen atoms in total. The molecule has 2 aromatic heterocycles. The van der Waals surface area contributed by atoms with Crippen LogP contribution in [0, 0.1) is 29.6 Å². The molecule has 1 N–H and O–H groups in total. The van der Waals surface area contributed by atoms with Gasteiger partial charge in [-0.25, -0.2) is 9.97 Å². The summed E-state index contributed by atoms with van der Waals surface area (Å²) in [6.45, 7) is 0. The van der Waals surface area contributed by atoms with Crippen molar-refractivity contribution < 1.29 is 37.9 Å². The molecule has 4 heterocycles. The smallest absolute Gasteiger partial charge is 0.238 e. The van der Waals surface area contributed by atoms with Crippen molar-refractivity contribution in [3.05, 3.63) is 132 Å². The lowest BCUT2D eigenvalue weighted by Crippen LogP contribution is -2.43. The summed E-state index contributed by atoms with van der Waals surface area (Å²) in [5.74, 6) is -4.67.